The SMILES string of the molecule is CC(C)Cn1nc(C(=O)NNC(=O)CCN2C[C@@H](C)O[C@@H](C)C2)c2ccccc2c1=O. The second-order valence-electron chi connectivity index (χ2n) is 8.54. The molecule has 9 heteroatoms. The summed E-state index contributed by atoms with van der Waals surface area (Å²) in [7, 11) is 0. The number of nitrogens with zero attached hydrogens (tertiary/aromatic N) is 3. The molecule has 2 atom stereocenters. The molecule has 2 aromatic rings. The molecule has 1 aromatic carbocycles. The minimum atomic E-state index is -0.560. The molecule has 2 heterocycles. The summed E-state index contributed by atoms with van der Waals surface area (Å²) >= 11 is 0. The predicted molar refractivity (Wildman–Crippen MR) is 118 cm³/mol. The van der Waals surface area contributed by atoms with E-state index in [0.29, 0.717) is 23.9 Å². The molecule has 3 rings (SSSR count). The third-order valence-corrected chi connectivity index (χ3v) is 5.09. The number of hydrogen-bond acceptors (Lipinski definition) is 6. The van der Waals surface area contributed by atoms with Gasteiger partial charge in [-0.25, -0.2) is 4.68 Å². The average molecular weight is 430 g/mol. The van der Waals surface area contributed by atoms with E-state index in [0.717, 1.165) is 13.1 Å². The van der Waals surface area contributed by atoms with Gasteiger partial charge in [0, 0.05) is 38.0 Å². The van der Waals surface area contributed by atoms with E-state index in [1.54, 1.807) is 24.3 Å². The fourth-order valence-corrected chi connectivity index (χ4v) is 3.85. The topological polar surface area (TPSA) is 106 Å². The normalized spacial score (nSPS) is 19.5. The Labute approximate surface area is 181 Å². The summed E-state index contributed by atoms with van der Waals surface area (Å²) in [6, 6.07) is 6.85. The Kier molecular flexibility index (Phi) is 7.40. The van der Waals surface area contributed by atoms with Gasteiger partial charge in [-0.1, -0.05) is 32.0 Å². The number of benzene rings is 1. The van der Waals surface area contributed by atoms with Gasteiger partial charge in [0.05, 0.1) is 17.6 Å². The van der Waals surface area contributed by atoms with E-state index >= 15 is 0 Å². The summed E-state index contributed by atoms with van der Waals surface area (Å²) in [6.07, 6.45) is 0.514. The molecule has 1 aromatic heterocycles. The lowest BCUT2D eigenvalue weighted by molar-refractivity contribution is -0.123. The van der Waals surface area contributed by atoms with Crippen molar-refractivity contribution in [2.45, 2.75) is 52.9 Å². The smallest absolute Gasteiger partial charge is 0.290 e. The van der Waals surface area contributed by atoms with Gasteiger partial charge in [-0.15, -0.1) is 0 Å². The van der Waals surface area contributed by atoms with Crippen LogP contribution in [-0.4, -0.2) is 58.3 Å². The first-order valence-corrected chi connectivity index (χ1v) is 10.7. The maximum Gasteiger partial charge on any atom is 0.290 e. The number of hydrogen-bond donors (Lipinski definition) is 2. The van der Waals surface area contributed by atoms with Crippen molar-refractivity contribution in [3.8, 4) is 0 Å². The van der Waals surface area contributed by atoms with Crippen LogP contribution in [0.15, 0.2) is 29.1 Å². The average Bonchev–Trinajstić information content (AvgIpc) is 2.71. The first-order chi connectivity index (χ1) is 14.7. The molecule has 0 spiro atoms. The van der Waals surface area contributed by atoms with Crippen LogP contribution in [0.25, 0.3) is 10.8 Å². The Morgan fingerprint density at radius 2 is 1.77 bits per heavy atom. The van der Waals surface area contributed by atoms with E-state index in [1.165, 1.54) is 4.68 Å². The fraction of sp³-hybridized carbons (Fsp3) is 0.545. The largest absolute Gasteiger partial charge is 0.373 e. The number of morpholine rings is 1. The van der Waals surface area contributed by atoms with E-state index in [4.69, 9.17) is 4.74 Å². The third-order valence-electron chi connectivity index (χ3n) is 5.09. The van der Waals surface area contributed by atoms with Crippen LogP contribution in [0.2, 0.25) is 0 Å². The lowest BCUT2D eigenvalue weighted by atomic mass is 10.1. The van der Waals surface area contributed by atoms with Gasteiger partial charge in [-0.2, -0.15) is 5.10 Å². The van der Waals surface area contributed by atoms with E-state index in [9.17, 15) is 14.4 Å². The van der Waals surface area contributed by atoms with Crippen molar-refractivity contribution >= 4 is 22.6 Å². The maximum absolute atomic E-state index is 12.8. The molecular weight excluding hydrogens is 398 g/mol. The molecule has 31 heavy (non-hydrogen) atoms. The number of nitrogens with one attached hydrogen (secondary N) is 2. The van der Waals surface area contributed by atoms with Crippen molar-refractivity contribution in [3.05, 3.63) is 40.3 Å². The monoisotopic (exact) mass is 429 g/mol. The highest BCUT2D eigenvalue weighted by atomic mass is 16.5. The lowest BCUT2D eigenvalue weighted by Gasteiger charge is -2.35. The fourth-order valence-electron chi connectivity index (χ4n) is 3.85. The highest BCUT2D eigenvalue weighted by molar-refractivity contribution is 6.05. The van der Waals surface area contributed by atoms with Crippen LogP contribution in [0.4, 0.5) is 0 Å². The third kappa shape index (κ3) is 5.89. The molecule has 2 amide bonds. The summed E-state index contributed by atoms with van der Waals surface area (Å²) in [4.78, 5) is 39.9. The van der Waals surface area contributed by atoms with Gasteiger partial charge < -0.3 is 4.74 Å². The number of carbonyl (C=O) groups is 2. The van der Waals surface area contributed by atoms with Crippen LogP contribution in [0.5, 0.6) is 0 Å². The van der Waals surface area contributed by atoms with Crippen LogP contribution in [-0.2, 0) is 16.1 Å². The second-order valence-corrected chi connectivity index (χ2v) is 8.54. The number of fused-ring (bicyclic) bond motifs is 1. The molecule has 168 valence electrons. The highest BCUT2D eigenvalue weighted by Gasteiger charge is 2.23. The molecular formula is C22H31N5O4. The number of aromatic nitrogens is 2. The molecule has 0 bridgehead atoms. The van der Waals surface area contributed by atoms with Crippen molar-refractivity contribution < 1.29 is 14.3 Å². The lowest BCUT2D eigenvalue weighted by Crippen LogP contribution is -2.48. The first kappa shape index (κ1) is 22.9. The Morgan fingerprint density at radius 1 is 1.13 bits per heavy atom. The van der Waals surface area contributed by atoms with Crippen molar-refractivity contribution in [3.63, 3.8) is 0 Å². The van der Waals surface area contributed by atoms with Gasteiger partial charge in [0.25, 0.3) is 11.5 Å². The molecule has 0 saturated carbocycles. The summed E-state index contributed by atoms with van der Waals surface area (Å²) in [6.45, 7) is 10.5. The van der Waals surface area contributed by atoms with Crippen molar-refractivity contribution in [2.75, 3.05) is 19.6 Å². The standard InChI is InChI=1S/C22H31N5O4/c1-14(2)11-27-22(30)18-8-6-5-7-17(18)20(25-27)21(29)24-23-19(28)9-10-26-12-15(3)31-16(4)13-26/h5-8,14-16H,9-13H2,1-4H3,(H,23,28)(H,24,29)/t15-,16+. The van der Waals surface area contributed by atoms with E-state index in [2.05, 4.69) is 20.9 Å². The molecule has 1 fully saturated rings. The summed E-state index contributed by atoms with van der Waals surface area (Å²) in [5.41, 5.74) is 4.76. The van der Waals surface area contributed by atoms with Crippen molar-refractivity contribution in [1.29, 1.82) is 0 Å². The molecule has 1 aliphatic heterocycles. The number of amides is 2. The summed E-state index contributed by atoms with van der Waals surface area (Å²) < 4.78 is 7.01. The molecule has 0 aliphatic carbocycles. The zero-order valence-corrected chi connectivity index (χ0v) is 18.6. The highest BCUT2D eigenvalue weighted by Crippen LogP contribution is 2.14. The molecule has 1 aliphatic rings. The zero-order valence-electron chi connectivity index (χ0n) is 18.6. The van der Waals surface area contributed by atoms with Crippen molar-refractivity contribution in [2.24, 2.45) is 5.92 Å². The molecule has 0 radical (unpaired) electrons. The van der Waals surface area contributed by atoms with Gasteiger partial charge >= 0.3 is 0 Å². The van der Waals surface area contributed by atoms with Crippen molar-refractivity contribution in [1.82, 2.24) is 25.5 Å². The van der Waals surface area contributed by atoms with E-state index in [-0.39, 0.29) is 41.7 Å². The summed E-state index contributed by atoms with van der Waals surface area (Å²) in [5.74, 6) is -0.664. The molecule has 2 N–H and O–H groups in total. The number of hydrazine groups is 1. The molecule has 9 nitrogen and oxygen atoms in total. The first-order valence-electron chi connectivity index (χ1n) is 10.7. The predicted octanol–water partition coefficient (Wildman–Crippen LogP) is 1.31. The van der Waals surface area contributed by atoms with E-state index in [1.807, 2.05) is 27.7 Å². The number of rotatable bonds is 6. The minimum Gasteiger partial charge on any atom is -0.373 e. The van der Waals surface area contributed by atoms with Gasteiger partial charge in [-0.3, -0.25) is 30.1 Å². The Bertz CT molecular complexity index is 993. The maximum atomic E-state index is 12.8. The van der Waals surface area contributed by atoms with Crippen LogP contribution < -0.4 is 16.4 Å². The second kappa shape index (κ2) is 10.0. The molecule has 0 unspecified atom stereocenters. The van der Waals surface area contributed by atoms with E-state index < -0.39 is 5.91 Å². The minimum absolute atomic E-state index is 0.104. The zero-order chi connectivity index (χ0) is 22.5. The van der Waals surface area contributed by atoms with Gasteiger partial charge in [0.2, 0.25) is 5.91 Å². The number of ether oxygens (including phenoxy) is 1. The van der Waals surface area contributed by atoms with Crippen LogP contribution in [0.3, 0.4) is 0 Å². The van der Waals surface area contributed by atoms with Crippen LogP contribution in [0, 0.1) is 5.92 Å². The summed E-state index contributed by atoms with van der Waals surface area (Å²) in [5, 5.41) is 5.15. The van der Waals surface area contributed by atoms with Crippen LogP contribution >= 0.6 is 0 Å². The molecule has 1 saturated heterocycles. The Morgan fingerprint density at radius 3 is 2.42 bits per heavy atom. The van der Waals surface area contributed by atoms with Crippen LogP contribution in [0.1, 0.15) is 44.6 Å². The van der Waals surface area contributed by atoms with Gasteiger partial charge in [0.15, 0.2) is 5.69 Å². The Balaban J connectivity index is 1.65. The Hall–Kier alpha value is -2.78. The number of carbonyl (C=O) groups excluding carboxylic acids is 2. The quantitative estimate of drug-likeness (QED) is 0.671. The van der Waals surface area contributed by atoms with Gasteiger partial charge in [0.1, 0.15) is 0 Å². The van der Waals surface area contributed by atoms with Gasteiger partial charge in [-0.05, 0) is 25.8 Å².